The topological polar surface area (TPSA) is 81.7 Å². The van der Waals surface area contributed by atoms with E-state index in [0.29, 0.717) is 25.1 Å². The number of esters is 1. The highest BCUT2D eigenvalue weighted by Gasteiger charge is 2.15. The van der Waals surface area contributed by atoms with Gasteiger partial charge in [0.25, 0.3) is 0 Å². The average molecular weight is 373 g/mol. The van der Waals surface area contributed by atoms with Crippen molar-refractivity contribution in [3.05, 3.63) is 35.4 Å². The summed E-state index contributed by atoms with van der Waals surface area (Å²) in [6, 6.07) is 6.89. The fraction of sp³-hybridized carbons (Fsp3) is 0.476. The van der Waals surface area contributed by atoms with Crippen LogP contribution in [0.4, 0.5) is 4.79 Å². The molecule has 0 aliphatic rings. The van der Waals surface area contributed by atoms with Gasteiger partial charge in [0, 0.05) is 30.5 Å². The van der Waals surface area contributed by atoms with E-state index in [2.05, 4.69) is 17.2 Å². The van der Waals surface area contributed by atoms with Gasteiger partial charge in [-0.05, 0) is 39.8 Å². The molecule has 0 aliphatic carbocycles. The Hall–Kier alpha value is -2.81. The third-order valence-electron chi connectivity index (χ3n) is 3.22. The maximum atomic E-state index is 12.0. The first-order valence-electron chi connectivity index (χ1n) is 8.96. The lowest BCUT2D eigenvalue weighted by Crippen LogP contribution is -2.32. The van der Waals surface area contributed by atoms with Crippen molar-refractivity contribution in [3.8, 4) is 11.8 Å². The molecular weight excluding hydrogens is 346 g/mol. The molecule has 1 N–H and O–H groups in total. The van der Waals surface area contributed by atoms with Gasteiger partial charge < -0.3 is 14.8 Å². The third-order valence-corrected chi connectivity index (χ3v) is 3.22. The first kappa shape index (κ1) is 22.2. The molecule has 0 saturated heterocycles. The molecule has 146 valence electrons. The first-order chi connectivity index (χ1) is 12.7. The molecule has 6 heteroatoms. The number of Topliss-reactive ketones (excluding diaryl/α,β-unsaturated/α-hetero) is 1. The second-order valence-electron chi connectivity index (χ2n) is 6.79. The summed E-state index contributed by atoms with van der Waals surface area (Å²) < 4.78 is 9.93. The van der Waals surface area contributed by atoms with Gasteiger partial charge in [-0.3, -0.25) is 9.59 Å². The third kappa shape index (κ3) is 10.0. The summed E-state index contributed by atoms with van der Waals surface area (Å²) in [5.74, 6) is 5.45. The summed E-state index contributed by atoms with van der Waals surface area (Å²) in [4.78, 5) is 34.8. The molecule has 0 radical (unpaired) electrons. The van der Waals surface area contributed by atoms with Crippen LogP contribution in [0.25, 0.3) is 0 Å². The van der Waals surface area contributed by atoms with Crippen molar-refractivity contribution in [2.45, 2.75) is 52.6 Å². The number of hydrogen-bond donors (Lipinski definition) is 1. The van der Waals surface area contributed by atoms with Gasteiger partial charge >= 0.3 is 12.1 Å². The van der Waals surface area contributed by atoms with Gasteiger partial charge in [-0.15, -0.1) is 0 Å². The van der Waals surface area contributed by atoms with E-state index < -0.39 is 11.7 Å². The van der Waals surface area contributed by atoms with Crippen molar-refractivity contribution < 1.29 is 23.9 Å². The Bertz CT molecular complexity index is 705. The van der Waals surface area contributed by atoms with Crippen LogP contribution in [0.1, 0.15) is 62.9 Å². The Balaban J connectivity index is 2.40. The smallest absolute Gasteiger partial charge is 0.407 e. The molecule has 0 saturated carbocycles. The molecule has 0 aliphatic heterocycles. The predicted octanol–water partition coefficient (Wildman–Crippen LogP) is 3.48. The minimum atomic E-state index is -0.523. The molecule has 1 amide bonds. The zero-order chi connectivity index (χ0) is 20.3. The molecule has 1 aromatic carbocycles. The van der Waals surface area contributed by atoms with Crippen molar-refractivity contribution in [1.29, 1.82) is 0 Å². The average Bonchev–Trinajstić information content (AvgIpc) is 2.58. The van der Waals surface area contributed by atoms with Crippen LogP contribution in [0.3, 0.4) is 0 Å². The molecule has 0 unspecified atom stereocenters. The number of benzene rings is 1. The van der Waals surface area contributed by atoms with Gasteiger partial charge in [0.2, 0.25) is 0 Å². The number of nitrogens with one attached hydrogen (secondary N) is 1. The van der Waals surface area contributed by atoms with Gasteiger partial charge in [0.1, 0.15) is 5.60 Å². The van der Waals surface area contributed by atoms with E-state index in [9.17, 15) is 14.4 Å². The molecule has 1 rings (SSSR count). The van der Waals surface area contributed by atoms with Crippen molar-refractivity contribution in [2.24, 2.45) is 0 Å². The molecule has 0 atom stereocenters. The number of hydrogen-bond acceptors (Lipinski definition) is 5. The summed E-state index contributed by atoms with van der Waals surface area (Å²) in [6.07, 6.45) is 0.230. The van der Waals surface area contributed by atoms with Crippen molar-refractivity contribution in [1.82, 2.24) is 5.32 Å². The van der Waals surface area contributed by atoms with Gasteiger partial charge in [-0.2, -0.15) is 0 Å². The molecule has 0 heterocycles. The Morgan fingerprint density at radius 2 is 1.74 bits per heavy atom. The summed E-state index contributed by atoms with van der Waals surface area (Å²) in [7, 11) is 0. The maximum absolute atomic E-state index is 12.0. The van der Waals surface area contributed by atoms with Crippen molar-refractivity contribution >= 4 is 17.8 Å². The maximum Gasteiger partial charge on any atom is 0.407 e. The summed E-state index contributed by atoms with van der Waals surface area (Å²) >= 11 is 0. The number of ketones is 1. The number of carbonyl (C=O) groups is 3. The van der Waals surface area contributed by atoms with Crippen LogP contribution in [0.2, 0.25) is 0 Å². The highest BCUT2D eigenvalue weighted by Crippen LogP contribution is 2.09. The van der Waals surface area contributed by atoms with E-state index in [1.165, 1.54) is 0 Å². The standard InChI is InChI=1S/C21H27NO5/c1-5-26-19(24)14-13-18(23)17-11-9-16(10-12-17)8-6-7-15-22-20(25)27-21(2,3)4/h9-12H,5,7,13-15H2,1-4H3,(H,22,25). The lowest BCUT2D eigenvalue weighted by atomic mass is 10.0. The van der Waals surface area contributed by atoms with Crippen LogP contribution in [0.15, 0.2) is 24.3 Å². The Kier molecular flexibility index (Phi) is 9.07. The monoisotopic (exact) mass is 373 g/mol. The van der Waals surface area contributed by atoms with Crippen LogP contribution >= 0.6 is 0 Å². The van der Waals surface area contributed by atoms with Gasteiger partial charge in [0.05, 0.1) is 13.0 Å². The Morgan fingerprint density at radius 1 is 1.07 bits per heavy atom. The van der Waals surface area contributed by atoms with E-state index in [-0.39, 0.29) is 24.6 Å². The molecule has 27 heavy (non-hydrogen) atoms. The van der Waals surface area contributed by atoms with Crippen LogP contribution in [0.5, 0.6) is 0 Å². The zero-order valence-electron chi connectivity index (χ0n) is 16.4. The van der Waals surface area contributed by atoms with Gasteiger partial charge in [0.15, 0.2) is 5.78 Å². The second kappa shape index (κ2) is 11.0. The molecule has 0 bridgehead atoms. The number of amides is 1. The highest BCUT2D eigenvalue weighted by molar-refractivity contribution is 5.97. The second-order valence-corrected chi connectivity index (χ2v) is 6.79. The largest absolute Gasteiger partial charge is 0.466 e. The Morgan fingerprint density at radius 3 is 2.33 bits per heavy atom. The van der Waals surface area contributed by atoms with Crippen molar-refractivity contribution in [3.63, 3.8) is 0 Å². The summed E-state index contributed by atoms with van der Waals surface area (Å²) in [6.45, 7) is 7.85. The molecule has 0 spiro atoms. The van der Waals surface area contributed by atoms with Crippen molar-refractivity contribution in [2.75, 3.05) is 13.2 Å². The quantitative estimate of drug-likeness (QED) is 0.342. The van der Waals surface area contributed by atoms with Crippen LogP contribution < -0.4 is 5.32 Å². The van der Waals surface area contributed by atoms with Crippen LogP contribution in [0, 0.1) is 11.8 Å². The molecule has 0 fully saturated rings. The summed E-state index contributed by atoms with van der Waals surface area (Å²) in [5, 5.41) is 2.64. The van der Waals surface area contributed by atoms with Gasteiger partial charge in [-0.25, -0.2) is 4.79 Å². The van der Waals surface area contributed by atoms with Gasteiger partial charge in [-0.1, -0.05) is 24.0 Å². The number of rotatable bonds is 7. The number of ether oxygens (including phenoxy) is 2. The fourth-order valence-corrected chi connectivity index (χ4v) is 2.04. The molecule has 0 aromatic heterocycles. The fourth-order valence-electron chi connectivity index (χ4n) is 2.04. The summed E-state index contributed by atoms with van der Waals surface area (Å²) in [5.41, 5.74) is 0.788. The lowest BCUT2D eigenvalue weighted by molar-refractivity contribution is -0.143. The van der Waals surface area contributed by atoms with E-state index in [0.717, 1.165) is 5.56 Å². The molecule has 6 nitrogen and oxygen atoms in total. The van der Waals surface area contributed by atoms with E-state index in [4.69, 9.17) is 9.47 Å². The lowest BCUT2D eigenvalue weighted by Gasteiger charge is -2.19. The molecule has 1 aromatic rings. The van der Waals surface area contributed by atoms with Crippen LogP contribution in [-0.4, -0.2) is 36.6 Å². The normalized spacial score (nSPS) is 10.4. The zero-order valence-corrected chi connectivity index (χ0v) is 16.4. The SMILES string of the molecule is CCOC(=O)CCC(=O)c1ccc(C#CCCNC(=O)OC(C)(C)C)cc1. The molecular formula is C21H27NO5. The predicted molar refractivity (Wildman–Crippen MR) is 102 cm³/mol. The van der Waals surface area contributed by atoms with Crippen LogP contribution in [-0.2, 0) is 14.3 Å². The number of carbonyl (C=O) groups excluding carboxylic acids is 3. The van der Waals surface area contributed by atoms with E-state index in [1.807, 2.05) is 0 Å². The number of alkyl carbamates (subject to hydrolysis) is 1. The minimum absolute atomic E-state index is 0.0822. The Labute approximate surface area is 160 Å². The first-order valence-corrected chi connectivity index (χ1v) is 8.96. The van der Waals surface area contributed by atoms with E-state index >= 15 is 0 Å². The minimum Gasteiger partial charge on any atom is -0.466 e. The highest BCUT2D eigenvalue weighted by atomic mass is 16.6. The van der Waals surface area contributed by atoms with E-state index in [1.54, 1.807) is 52.0 Å².